The van der Waals surface area contributed by atoms with E-state index in [1.807, 2.05) is 56.3 Å². The first kappa shape index (κ1) is 22.0. The number of aryl methyl sites for hydroxylation is 3. The number of aliphatic carboxylic acids is 1. The summed E-state index contributed by atoms with van der Waals surface area (Å²) >= 11 is 0. The molecule has 1 N–H and O–H groups in total. The van der Waals surface area contributed by atoms with E-state index in [2.05, 4.69) is 0 Å². The van der Waals surface area contributed by atoms with E-state index in [4.69, 9.17) is 9.72 Å². The highest BCUT2D eigenvalue weighted by Gasteiger charge is 2.31. The maximum atomic E-state index is 13.2. The van der Waals surface area contributed by atoms with Gasteiger partial charge < -0.3 is 9.84 Å². The molecule has 3 aromatic rings. The Morgan fingerprint density at radius 3 is 2.38 bits per heavy atom. The summed E-state index contributed by atoms with van der Waals surface area (Å²) in [5.74, 6) is 0.0912. The summed E-state index contributed by atoms with van der Waals surface area (Å²) in [6.45, 7) is 6.89. The maximum Gasteiger partial charge on any atom is 0.347 e. The third kappa shape index (κ3) is 4.52. The summed E-state index contributed by atoms with van der Waals surface area (Å²) < 4.78 is 5.79. The molecule has 0 spiro atoms. The number of fused-ring (bicyclic) bond motifs is 1. The number of carbonyl (C=O) groups is 2. The smallest absolute Gasteiger partial charge is 0.347 e. The van der Waals surface area contributed by atoms with Crippen molar-refractivity contribution in [3.63, 3.8) is 0 Å². The van der Waals surface area contributed by atoms with Crippen LogP contribution < -0.4 is 4.74 Å². The summed E-state index contributed by atoms with van der Waals surface area (Å²) in [6.07, 6.45) is 3.20. The summed E-state index contributed by atoms with van der Waals surface area (Å²) in [4.78, 5) is 29.4. The number of carbonyl (C=O) groups excluding carboxylic acids is 1. The minimum Gasteiger partial charge on any atom is -0.478 e. The number of aromatic nitrogens is 1. The number of carboxylic acid groups (broad SMARTS) is 1. The molecule has 0 radical (unpaired) electrons. The van der Waals surface area contributed by atoms with Gasteiger partial charge in [0.1, 0.15) is 5.75 Å². The predicted octanol–water partition coefficient (Wildman–Crippen LogP) is 5.79. The maximum absolute atomic E-state index is 13.2. The Hall–Kier alpha value is -3.21. The molecule has 0 amide bonds. The standard InChI is InChI=1S/C27H29NO4/c1-16-13-18(14-17(2)25(16)32-27(3,4)26(30)31)9-12-23(29)21-15-20-7-5-6-8-22(20)28-24(21)19-10-11-19/h5-8,13-15,19H,9-12H2,1-4H3,(H,30,31). The van der Waals surface area contributed by atoms with Crippen molar-refractivity contribution in [3.05, 3.63) is 70.4 Å². The third-order valence-corrected chi connectivity index (χ3v) is 6.05. The predicted molar refractivity (Wildman–Crippen MR) is 125 cm³/mol. The molecule has 0 aliphatic heterocycles. The van der Waals surface area contributed by atoms with Crippen molar-refractivity contribution in [3.8, 4) is 5.75 Å². The Kier molecular flexibility index (Phi) is 5.76. The molecule has 1 aliphatic carbocycles. The van der Waals surface area contributed by atoms with Crippen LogP contribution >= 0.6 is 0 Å². The molecule has 0 saturated heterocycles. The molecule has 1 saturated carbocycles. The van der Waals surface area contributed by atoms with E-state index < -0.39 is 11.6 Å². The molecule has 1 heterocycles. The fraction of sp³-hybridized carbons (Fsp3) is 0.370. The lowest BCUT2D eigenvalue weighted by Crippen LogP contribution is -2.38. The van der Waals surface area contributed by atoms with Crippen LogP contribution in [0.25, 0.3) is 10.9 Å². The van der Waals surface area contributed by atoms with Crippen LogP contribution in [0, 0.1) is 13.8 Å². The van der Waals surface area contributed by atoms with Gasteiger partial charge in [-0.1, -0.05) is 30.3 Å². The van der Waals surface area contributed by atoms with E-state index in [1.165, 1.54) is 13.8 Å². The zero-order chi connectivity index (χ0) is 23.0. The average molecular weight is 432 g/mol. The number of Topliss-reactive ketones (excluding diaryl/α,β-unsaturated/α-hetero) is 1. The molecule has 1 aliphatic rings. The Morgan fingerprint density at radius 2 is 1.75 bits per heavy atom. The van der Waals surface area contributed by atoms with Crippen molar-refractivity contribution in [2.75, 3.05) is 0 Å². The van der Waals surface area contributed by atoms with Crippen molar-refractivity contribution in [2.45, 2.75) is 64.9 Å². The normalized spacial score (nSPS) is 13.9. The van der Waals surface area contributed by atoms with Crippen LogP contribution in [0.4, 0.5) is 0 Å². The van der Waals surface area contributed by atoms with Crippen molar-refractivity contribution in [2.24, 2.45) is 0 Å². The number of benzene rings is 2. The Labute approximate surface area is 188 Å². The van der Waals surface area contributed by atoms with Gasteiger partial charge >= 0.3 is 5.97 Å². The Morgan fingerprint density at radius 1 is 1.09 bits per heavy atom. The Bertz CT molecular complexity index is 1180. The second-order valence-electron chi connectivity index (χ2n) is 9.29. The van der Waals surface area contributed by atoms with E-state index in [-0.39, 0.29) is 5.78 Å². The van der Waals surface area contributed by atoms with Crippen molar-refractivity contribution >= 4 is 22.7 Å². The van der Waals surface area contributed by atoms with Crippen LogP contribution in [0.2, 0.25) is 0 Å². The van der Waals surface area contributed by atoms with Gasteiger partial charge in [-0.25, -0.2) is 4.79 Å². The minimum absolute atomic E-state index is 0.118. The van der Waals surface area contributed by atoms with Gasteiger partial charge in [-0.15, -0.1) is 0 Å². The van der Waals surface area contributed by atoms with Gasteiger partial charge in [0.2, 0.25) is 0 Å². The number of hydrogen-bond donors (Lipinski definition) is 1. The quantitative estimate of drug-likeness (QED) is 0.457. The van der Waals surface area contributed by atoms with Gasteiger partial charge in [0.25, 0.3) is 0 Å². The minimum atomic E-state index is -1.31. The molecule has 4 rings (SSSR count). The molecular formula is C27H29NO4. The van der Waals surface area contributed by atoms with Crippen LogP contribution in [0.5, 0.6) is 5.75 Å². The largest absolute Gasteiger partial charge is 0.478 e. The molecule has 1 aromatic heterocycles. The lowest BCUT2D eigenvalue weighted by atomic mass is 9.96. The topological polar surface area (TPSA) is 76.5 Å². The first-order valence-electron chi connectivity index (χ1n) is 11.1. The lowest BCUT2D eigenvalue weighted by Gasteiger charge is -2.24. The number of carboxylic acids is 1. The number of pyridine rings is 1. The molecule has 0 atom stereocenters. The highest BCUT2D eigenvalue weighted by atomic mass is 16.5. The van der Waals surface area contributed by atoms with Crippen LogP contribution in [0.3, 0.4) is 0 Å². The zero-order valence-corrected chi connectivity index (χ0v) is 19.1. The van der Waals surface area contributed by atoms with Gasteiger partial charge in [0.15, 0.2) is 11.4 Å². The van der Waals surface area contributed by atoms with E-state index in [0.717, 1.165) is 51.7 Å². The average Bonchev–Trinajstić information content (AvgIpc) is 3.59. The number of para-hydroxylation sites is 1. The summed E-state index contributed by atoms with van der Waals surface area (Å²) in [5, 5.41) is 10.4. The van der Waals surface area contributed by atoms with E-state index in [0.29, 0.717) is 24.5 Å². The van der Waals surface area contributed by atoms with Gasteiger partial charge in [-0.3, -0.25) is 9.78 Å². The number of ketones is 1. The fourth-order valence-corrected chi connectivity index (χ4v) is 4.06. The SMILES string of the molecule is Cc1cc(CCC(=O)c2cc3ccccc3nc2C2CC2)cc(C)c1OC(C)(C)C(=O)O. The highest BCUT2D eigenvalue weighted by molar-refractivity contribution is 6.00. The van der Waals surface area contributed by atoms with Gasteiger partial charge in [0, 0.05) is 23.3 Å². The first-order valence-corrected chi connectivity index (χ1v) is 11.1. The third-order valence-electron chi connectivity index (χ3n) is 6.05. The van der Waals surface area contributed by atoms with Crippen LogP contribution in [-0.2, 0) is 11.2 Å². The number of hydrogen-bond acceptors (Lipinski definition) is 4. The Balaban J connectivity index is 1.53. The second-order valence-corrected chi connectivity index (χ2v) is 9.29. The van der Waals surface area contributed by atoms with Crippen LogP contribution in [0.1, 0.15) is 71.8 Å². The molecule has 0 unspecified atom stereocenters. The molecule has 0 bridgehead atoms. The van der Waals surface area contributed by atoms with Crippen molar-refractivity contribution in [1.29, 1.82) is 0 Å². The van der Waals surface area contributed by atoms with Gasteiger partial charge in [-0.05, 0) is 75.8 Å². The summed E-state index contributed by atoms with van der Waals surface area (Å²) in [5.41, 5.74) is 4.10. The number of ether oxygens (including phenoxy) is 1. The second kappa shape index (κ2) is 8.38. The van der Waals surface area contributed by atoms with Crippen LogP contribution in [-0.4, -0.2) is 27.4 Å². The van der Waals surface area contributed by atoms with Crippen molar-refractivity contribution < 1.29 is 19.4 Å². The van der Waals surface area contributed by atoms with E-state index in [1.54, 1.807) is 0 Å². The zero-order valence-electron chi connectivity index (χ0n) is 19.1. The molecule has 32 heavy (non-hydrogen) atoms. The van der Waals surface area contributed by atoms with E-state index in [9.17, 15) is 14.7 Å². The van der Waals surface area contributed by atoms with E-state index >= 15 is 0 Å². The molecular weight excluding hydrogens is 402 g/mol. The summed E-state index contributed by atoms with van der Waals surface area (Å²) in [6, 6.07) is 13.9. The fourth-order valence-electron chi connectivity index (χ4n) is 4.06. The summed E-state index contributed by atoms with van der Waals surface area (Å²) in [7, 11) is 0. The van der Waals surface area contributed by atoms with Crippen LogP contribution in [0.15, 0.2) is 42.5 Å². The highest BCUT2D eigenvalue weighted by Crippen LogP contribution is 2.41. The first-order chi connectivity index (χ1) is 15.2. The molecule has 1 fully saturated rings. The monoisotopic (exact) mass is 431 g/mol. The van der Waals surface area contributed by atoms with Gasteiger partial charge in [-0.2, -0.15) is 0 Å². The number of nitrogens with zero attached hydrogens (tertiary/aromatic N) is 1. The molecule has 5 nitrogen and oxygen atoms in total. The van der Waals surface area contributed by atoms with Crippen molar-refractivity contribution in [1.82, 2.24) is 4.98 Å². The van der Waals surface area contributed by atoms with Gasteiger partial charge in [0.05, 0.1) is 11.2 Å². The molecule has 2 aromatic carbocycles. The lowest BCUT2D eigenvalue weighted by molar-refractivity contribution is -0.152. The number of rotatable bonds is 8. The molecule has 166 valence electrons. The molecule has 5 heteroatoms.